The van der Waals surface area contributed by atoms with E-state index in [4.69, 9.17) is 4.74 Å². The van der Waals surface area contributed by atoms with E-state index in [1.54, 1.807) is 6.08 Å². The predicted molar refractivity (Wildman–Crippen MR) is 306 cm³/mol. The van der Waals surface area contributed by atoms with Gasteiger partial charge in [0.25, 0.3) is 0 Å². The summed E-state index contributed by atoms with van der Waals surface area (Å²) < 4.78 is 5.48. The molecule has 70 heavy (non-hydrogen) atoms. The molecule has 412 valence electrons. The van der Waals surface area contributed by atoms with Gasteiger partial charge in [0, 0.05) is 12.8 Å². The summed E-state index contributed by atoms with van der Waals surface area (Å²) in [4.78, 5) is 24.5. The van der Waals surface area contributed by atoms with Gasteiger partial charge in [0.05, 0.1) is 25.4 Å². The zero-order valence-electron chi connectivity index (χ0n) is 47.0. The molecule has 6 heteroatoms. The molecular formula is C64H121NO5. The Morgan fingerprint density at radius 1 is 0.400 bits per heavy atom. The summed E-state index contributed by atoms with van der Waals surface area (Å²) in [5.74, 6) is -0.0642. The van der Waals surface area contributed by atoms with Crippen molar-refractivity contribution in [3.8, 4) is 0 Å². The molecular weight excluding hydrogens is 863 g/mol. The number of carbonyl (C=O) groups is 2. The molecule has 2 atom stereocenters. The second-order valence-corrected chi connectivity index (χ2v) is 21.4. The Morgan fingerprint density at radius 3 is 1.13 bits per heavy atom. The number of nitrogens with one attached hydrogen (secondary N) is 1. The molecule has 6 nitrogen and oxygen atoms in total. The van der Waals surface area contributed by atoms with Crippen LogP contribution in [0.25, 0.3) is 0 Å². The molecule has 0 fully saturated rings. The van der Waals surface area contributed by atoms with Gasteiger partial charge < -0.3 is 20.3 Å². The van der Waals surface area contributed by atoms with Crippen molar-refractivity contribution in [2.45, 2.75) is 347 Å². The first-order valence-electron chi connectivity index (χ1n) is 31.3. The lowest BCUT2D eigenvalue weighted by Gasteiger charge is -2.20. The Morgan fingerprint density at radius 2 is 0.729 bits per heavy atom. The highest BCUT2D eigenvalue weighted by Gasteiger charge is 2.18. The van der Waals surface area contributed by atoms with E-state index in [1.165, 1.54) is 257 Å². The van der Waals surface area contributed by atoms with Gasteiger partial charge in [-0.2, -0.15) is 0 Å². The van der Waals surface area contributed by atoms with Crippen LogP contribution >= 0.6 is 0 Å². The van der Waals surface area contributed by atoms with Gasteiger partial charge in [-0.25, -0.2) is 0 Å². The van der Waals surface area contributed by atoms with Gasteiger partial charge in [-0.1, -0.05) is 301 Å². The van der Waals surface area contributed by atoms with Gasteiger partial charge in [0.1, 0.15) is 0 Å². The molecule has 0 aliphatic heterocycles. The first-order valence-corrected chi connectivity index (χ1v) is 31.3. The fourth-order valence-electron chi connectivity index (χ4n) is 9.59. The molecule has 0 radical (unpaired) electrons. The van der Waals surface area contributed by atoms with Gasteiger partial charge in [-0.15, -0.1) is 0 Å². The van der Waals surface area contributed by atoms with Crippen molar-refractivity contribution in [3.05, 3.63) is 36.5 Å². The zero-order chi connectivity index (χ0) is 50.7. The van der Waals surface area contributed by atoms with Gasteiger partial charge in [-0.05, 0) is 57.8 Å². The Bertz CT molecular complexity index is 1130. The molecule has 0 aliphatic carbocycles. The van der Waals surface area contributed by atoms with Crippen molar-refractivity contribution in [2.75, 3.05) is 13.2 Å². The van der Waals surface area contributed by atoms with Crippen molar-refractivity contribution in [2.24, 2.45) is 0 Å². The van der Waals surface area contributed by atoms with Gasteiger partial charge >= 0.3 is 5.97 Å². The maximum atomic E-state index is 12.5. The standard InChI is InChI=1S/C64H121NO5/c1-3-5-7-9-11-13-15-17-32-36-40-44-48-52-56-62(67)61(60-66)65-63(68)57-53-49-45-41-37-33-30-28-26-24-22-20-19-21-23-25-27-29-31-35-39-43-47-51-55-59-70-64(69)58-54-50-46-42-38-34-18-16-14-12-10-8-6-4-2/h10,12,16,18,52,56,61-62,66-67H,3-9,11,13-15,17,19-51,53-55,57-60H2,1-2H3,(H,65,68)/b12-10-,18-16-,56-52+. The van der Waals surface area contributed by atoms with Crippen LogP contribution in [0, 0.1) is 0 Å². The van der Waals surface area contributed by atoms with Crippen molar-refractivity contribution < 1.29 is 24.5 Å². The van der Waals surface area contributed by atoms with Crippen LogP contribution in [-0.2, 0) is 14.3 Å². The van der Waals surface area contributed by atoms with Crippen LogP contribution in [0.2, 0.25) is 0 Å². The average Bonchev–Trinajstić information content (AvgIpc) is 3.36. The molecule has 2 unspecified atom stereocenters. The number of aliphatic hydroxyl groups excluding tert-OH is 2. The Balaban J connectivity index is 3.38. The fraction of sp³-hybridized carbons (Fsp3) is 0.875. The van der Waals surface area contributed by atoms with E-state index < -0.39 is 12.1 Å². The summed E-state index contributed by atoms with van der Waals surface area (Å²) in [6.07, 6.45) is 74.7. The lowest BCUT2D eigenvalue weighted by molar-refractivity contribution is -0.143. The van der Waals surface area contributed by atoms with Gasteiger partial charge in [0.2, 0.25) is 5.91 Å². The van der Waals surface area contributed by atoms with Crippen molar-refractivity contribution in [1.29, 1.82) is 0 Å². The van der Waals surface area contributed by atoms with Crippen molar-refractivity contribution in [1.82, 2.24) is 5.32 Å². The van der Waals surface area contributed by atoms with Crippen LogP contribution < -0.4 is 5.32 Å². The minimum atomic E-state index is -0.843. The SMILES string of the molecule is CCCC/C=C\C/C=C\CCCCCCCC(=O)OCCCCCCCCCCCCCCCCCCCCCCCCCCCC(=O)NC(CO)C(O)/C=C/CCCCCCCCCCCCCC. The van der Waals surface area contributed by atoms with Gasteiger partial charge in [0.15, 0.2) is 0 Å². The first kappa shape index (κ1) is 68.1. The molecule has 0 rings (SSSR count). The van der Waals surface area contributed by atoms with Crippen molar-refractivity contribution >= 4 is 11.9 Å². The Kier molecular flexibility index (Phi) is 58.0. The number of carbonyl (C=O) groups excluding carboxylic acids is 2. The normalized spacial score (nSPS) is 12.8. The van der Waals surface area contributed by atoms with E-state index in [2.05, 4.69) is 43.5 Å². The second kappa shape index (κ2) is 59.6. The van der Waals surface area contributed by atoms with Crippen LogP contribution in [0.3, 0.4) is 0 Å². The van der Waals surface area contributed by atoms with E-state index in [9.17, 15) is 19.8 Å². The Hall–Kier alpha value is -1.92. The molecule has 0 bridgehead atoms. The highest BCUT2D eigenvalue weighted by atomic mass is 16.5. The zero-order valence-corrected chi connectivity index (χ0v) is 47.0. The van der Waals surface area contributed by atoms with E-state index in [0.717, 1.165) is 51.4 Å². The maximum absolute atomic E-state index is 12.5. The van der Waals surface area contributed by atoms with E-state index in [1.807, 2.05) is 6.08 Å². The number of hydrogen-bond acceptors (Lipinski definition) is 5. The van der Waals surface area contributed by atoms with Crippen molar-refractivity contribution in [3.63, 3.8) is 0 Å². The quantitative estimate of drug-likeness (QED) is 0.0321. The predicted octanol–water partition coefficient (Wildman–Crippen LogP) is 19.6. The molecule has 0 saturated carbocycles. The summed E-state index contributed by atoms with van der Waals surface area (Å²) in [6, 6.07) is -0.626. The summed E-state index contributed by atoms with van der Waals surface area (Å²) in [5, 5.41) is 23.1. The first-order chi connectivity index (χ1) is 34.5. The minimum Gasteiger partial charge on any atom is -0.466 e. The third-order valence-corrected chi connectivity index (χ3v) is 14.4. The number of rotatable bonds is 58. The Labute approximate surface area is 436 Å². The third-order valence-electron chi connectivity index (χ3n) is 14.4. The molecule has 0 heterocycles. The minimum absolute atomic E-state index is 0.00124. The molecule has 0 aliphatic rings. The van der Waals surface area contributed by atoms with Crippen LogP contribution in [0.1, 0.15) is 335 Å². The topological polar surface area (TPSA) is 95.9 Å². The number of aliphatic hydroxyl groups is 2. The molecule has 0 aromatic carbocycles. The third kappa shape index (κ3) is 55.4. The number of hydrogen-bond donors (Lipinski definition) is 3. The summed E-state index contributed by atoms with van der Waals surface area (Å²) in [7, 11) is 0. The van der Waals surface area contributed by atoms with Crippen LogP contribution in [0.5, 0.6) is 0 Å². The highest BCUT2D eigenvalue weighted by molar-refractivity contribution is 5.76. The second-order valence-electron chi connectivity index (χ2n) is 21.4. The molecule has 0 saturated heterocycles. The molecule has 3 N–H and O–H groups in total. The summed E-state index contributed by atoms with van der Waals surface area (Å²) >= 11 is 0. The monoisotopic (exact) mass is 984 g/mol. The highest BCUT2D eigenvalue weighted by Crippen LogP contribution is 2.18. The molecule has 0 aromatic heterocycles. The van der Waals surface area contributed by atoms with E-state index in [0.29, 0.717) is 19.4 Å². The van der Waals surface area contributed by atoms with Gasteiger partial charge in [-0.3, -0.25) is 9.59 Å². The largest absolute Gasteiger partial charge is 0.466 e. The summed E-state index contributed by atoms with van der Waals surface area (Å²) in [5.41, 5.74) is 0. The van der Waals surface area contributed by atoms with Crippen LogP contribution in [0.15, 0.2) is 36.5 Å². The molecule has 0 spiro atoms. The van der Waals surface area contributed by atoms with E-state index in [-0.39, 0.29) is 18.5 Å². The van der Waals surface area contributed by atoms with E-state index >= 15 is 0 Å². The average molecular weight is 985 g/mol. The molecule has 0 aromatic rings. The lowest BCUT2D eigenvalue weighted by atomic mass is 10.0. The van der Waals surface area contributed by atoms with Crippen LogP contribution in [0.4, 0.5) is 0 Å². The maximum Gasteiger partial charge on any atom is 0.305 e. The number of ether oxygens (including phenoxy) is 1. The van der Waals surface area contributed by atoms with Crippen LogP contribution in [-0.4, -0.2) is 47.4 Å². The molecule has 1 amide bonds. The number of esters is 1. The number of unbranched alkanes of at least 4 members (excludes halogenated alkanes) is 43. The smallest absolute Gasteiger partial charge is 0.305 e. The lowest BCUT2D eigenvalue weighted by Crippen LogP contribution is -2.45. The number of amides is 1. The number of allylic oxidation sites excluding steroid dienone is 5. The summed E-state index contributed by atoms with van der Waals surface area (Å²) in [6.45, 7) is 4.87. The fourth-order valence-corrected chi connectivity index (χ4v) is 9.59.